The molecule has 8 heteroatoms. The number of halogens is 3. The van der Waals surface area contributed by atoms with Crippen molar-refractivity contribution >= 4 is 36.4 Å². The van der Waals surface area contributed by atoms with Crippen molar-refractivity contribution in [3.8, 4) is 5.75 Å². The minimum Gasteiger partial charge on any atom is -0.484 e. The largest absolute Gasteiger partial charge is 0.484 e. The number of hydrogen-bond donors (Lipinski definition) is 2. The molecule has 1 aliphatic carbocycles. The lowest BCUT2D eigenvalue weighted by atomic mass is 10.00. The Morgan fingerprint density at radius 2 is 2.07 bits per heavy atom. The number of aromatic nitrogens is 1. The van der Waals surface area contributed by atoms with E-state index in [1.165, 1.54) is 12.1 Å². The zero-order valence-corrected chi connectivity index (χ0v) is 16.4. The maximum absolute atomic E-state index is 14.2. The third-order valence-electron chi connectivity index (χ3n) is 4.48. The fourth-order valence-corrected chi connectivity index (χ4v) is 3.10. The van der Waals surface area contributed by atoms with Gasteiger partial charge in [0.05, 0.1) is 5.69 Å². The van der Waals surface area contributed by atoms with Crippen molar-refractivity contribution in [3.63, 3.8) is 0 Å². The van der Waals surface area contributed by atoms with E-state index in [-0.39, 0.29) is 55.0 Å². The summed E-state index contributed by atoms with van der Waals surface area (Å²) in [5.41, 5.74) is 7.12. The fraction of sp³-hybridized carbons (Fsp3) is 0.368. The van der Waals surface area contributed by atoms with Gasteiger partial charge in [-0.2, -0.15) is 0 Å². The van der Waals surface area contributed by atoms with Crippen LogP contribution in [0.3, 0.4) is 0 Å². The molecule has 0 radical (unpaired) electrons. The topological polar surface area (TPSA) is 77.2 Å². The van der Waals surface area contributed by atoms with E-state index in [0.717, 1.165) is 19.3 Å². The van der Waals surface area contributed by atoms with Crippen molar-refractivity contribution in [2.75, 3.05) is 5.32 Å². The van der Waals surface area contributed by atoms with Crippen LogP contribution in [0, 0.1) is 11.7 Å². The van der Waals surface area contributed by atoms with Crippen molar-refractivity contribution in [3.05, 3.63) is 54.1 Å². The number of rotatable bonds is 6. The number of amides is 1. The van der Waals surface area contributed by atoms with Crippen molar-refractivity contribution in [1.29, 1.82) is 0 Å². The first-order valence-corrected chi connectivity index (χ1v) is 8.49. The molecule has 3 rings (SSSR count). The van der Waals surface area contributed by atoms with Gasteiger partial charge in [0.2, 0.25) is 5.91 Å². The summed E-state index contributed by atoms with van der Waals surface area (Å²) in [5.74, 6) is -0.317. The highest BCUT2D eigenvalue weighted by Crippen LogP contribution is 2.27. The molecule has 1 aromatic carbocycles. The molecule has 1 fully saturated rings. The number of carbonyl (C=O) groups is 1. The van der Waals surface area contributed by atoms with Crippen LogP contribution < -0.4 is 15.8 Å². The summed E-state index contributed by atoms with van der Waals surface area (Å²) in [4.78, 5) is 16.2. The Hall–Kier alpha value is -1.89. The number of hydrogen-bond acceptors (Lipinski definition) is 4. The maximum atomic E-state index is 14.2. The molecule has 1 amide bonds. The molecule has 0 spiro atoms. The minimum absolute atomic E-state index is 0. The molecule has 0 unspecified atom stereocenters. The number of carbonyl (C=O) groups excluding carboxylic acids is 1. The molecule has 2 aromatic rings. The average molecular weight is 416 g/mol. The van der Waals surface area contributed by atoms with Gasteiger partial charge in [-0.25, -0.2) is 4.39 Å². The van der Waals surface area contributed by atoms with Crippen LogP contribution in [-0.2, 0) is 11.4 Å². The molecule has 27 heavy (non-hydrogen) atoms. The summed E-state index contributed by atoms with van der Waals surface area (Å²) < 4.78 is 19.6. The molecule has 5 nitrogen and oxygen atoms in total. The molecule has 0 saturated heterocycles. The third kappa shape index (κ3) is 6.65. The average Bonchev–Trinajstić information content (AvgIpc) is 3.00. The molecule has 1 heterocycles. The number of pyridine rings is 1. The Labute approximate surface area is 170 Å². The highest BCUT2D eigenvalue weighted by molar-refractivity contribution is 5.91. The van der Waals surface area contributed by atoms with E-state index < -0.39 is 5.82 Å². The lowest BCUT2D eigenvalue weighted by Gasteiger charge is -2.15. The van der Waals surface area contributed by atoms with Crippen LogP contribution in [0.15, 0.2) is 42.6 Å². The fourth-order valence-electron chi connectivity index (χ4n) is 3.10. The Kier molecular flexibility index (Phi) is 9.49. The van der Waals surface area contributed by atoms with Gasteiger partial charge in [-0.15, -0.1) is 24.8 Å². The van der Waals surface area contributed by atoms with Gasteiger partial charge in [-0.3, -0.25) is 9.78 Å². The van der Waals surface area contributed by atoms with Crippen molar-refractivity contribution < 1.29 is 13.9 Å². The summed E-state index contributed by atoms with van der Waals surface area (Å²) in [6.45, 7) is 0.184. The van der Waals surface area contributed by atoms with Gasteiger partial charge in [0.25, 0.3) is 0 Å². The number of benzene rings is 1. The van der Waals surface area contributed by atoms with E-state index in [2.05, 4.69) is 10.3 Å². The molecule has 1 saturated carbocycles. The highest BCUT2D eigenvalue weighted by Gasteiger charge is 2.26. The maximum Gasteiger partial charge on any atom is 0.224 e. The molecule has 3 N–H and O–H groups in total. The Balaban J connectivity index is 0.00000182. The van der Waals surface area contributed by atoms with Crippen LogP contribution >= 0.6 is 24.8 Å². The van der Waals surface area contributed by atoms with Crippen molar-refractivity contribution in [2.24, 2.45) is 11.7 Å². The van der Waals surface area contributed by atoms with Gasteiger partial charge < -0.3 is 15.8 Å². The monoisotopic (exact) mass is 415 g/mol. The van der Waals surface area contributed by atoms with Crippen molar-refractivity contribution in [1.82, 2.24) is 4.98 Å². The number of ether oxygens (including phenoxy) is 1. The first kappa shape index (κ1) is 23.1. The van der Waals surface area contributed by atoms with E-state index in [0.29, 0.717) is 17.8 Å². The summed E-state index contributed by atoms with van der Waals surface area (Å²) in [5, 5.41) is 2.73. The third-order valence-corrected chi connectivity index (χ3v) is 4.48. The molecular weight excluding hydrogens is 392 g/mol. The Bertz CT molecular complexity index is 734. The van der Waals surface area contributed by atoms with Gasteiger partial charge >= 0.3 is 0 Å². The number of nitrogens with two attached hydrogens (primary N) is 1. The molecule has 2 atom stereocenters. The Morgan fingerprint density at radius 3 is 2.70 bits per heavy atom. The quantitative estimate of drug-likeness (QED) is 0.744. The summed E-state index contributed by atoms with van der Waals surface area (Å²) in [6, 6.07) is 9.94. The molecule has 0 bridgehead atoms. The predicted molar refractivity (Wildman–Crippen MR) is 108 cm³/mol. The summed E-state index contributed by atoms with van der Waals surface area (Å²) in [7, 11) is 0. The SMILES string of the molecule is Cl.Cl.N[C@@H]1CCC[C@H]1CC(=O)Nc1ccc(OCc2ccccn2)c(F)c1. The zero-order chi connectivity index (χ0) is 17.6. The van der Waals surface area contributed by atoms with Crippen molar-refractivity contribution in [2.45, 2.75) is 38.3 Å². The second kappa shape index (κ2) is 11.1. The second-order valence-electron chi connectivity index (χ2n) is 6.36. The number of nitrogens with zero attached hydrogens (tertiary/aromatic N) is 1. The Morgan fingerprint density at radius 1 is 1.26 bits per heavy atom. The molecular formula is C19H24Cl2FN3O2. The van der Waals surface area contributed by atoms with E-state index in [9.17, 15) is 9.18 Å². The van der Waals surface area contributed by atoms with Gasteiger partial charge in [0.1, 0.15) is 6.61 Å². The predicted octanol–water partition coefficient (Wildman–Crippen LogP) is 4.10. The van der Waals surface area contributed by atoms with E-state index in [1.807, 2.05) is 6.07 Å². The van der Waals surface area contributed by atoms with Crippen LogP contribution in [0.1, 0.15) is 31.4 Å². The van der Waals surface area contributed by atoms with E-state index in [1.54, 1.807) is 24.4 Å². The van der Waals surface area contributed by atoms with Crippen LogP contribution in [0.25, 0.3) is 0 Å². The molecule has 1 aromatic heterocycles. The minimum atomic E-state index is -0.522. The van der Waals surface area contributed by atoms with Crippen LogP contribution in [-0.4, -0.2) is 16.9 Å². The van der Waals surface area contributed by atoms with Gasteiger partial charge in [0.15, 0.2) is 11.6 Å². The molecule has 1 aliphatic rings. The van der Waals surface area contributed by atoms with Gasteiger partial charge in [-0.05, 0) is 43.0 Å². The zero-order valence-electron chi connectivity index (χ0n) is 14.8. The molecule has 0 aliphatic heterocycles. The summed E-state index contributed by atoms with van der Waals surface area (Å²) >= 11 is 0. The van der Waals surface area contributed by atoms with Gasteiger partial charge in [-0.1, -0.05) is 12.5 Å². The first-order valence-electron chi connectivity index (χ1n) is 8.49. The summed E-state index contributed by atoms with van der Waals surface area (Å²) in [6.07, 6.45) is 5.04. The van der Waals surface area contributed by atoms with E-state index in [4.69, 9.17) is 10.5 Å². The molecule has 148 valence electrons. The van der Waals surface area contributed by atoms with E-state index >= 15 is 0 Å². The van der Waals surface area contributed by atoms with Crippen LogP contribution in [0.2, 0.25) is 0 Å². The highest BCUT2D eigenvalue weighted by atomic mass is 35.5. The first-order chi connectivity index (χ1) is 12.1. The normalized spacial score (nSPS) is 18.1. The lowest BCUT2D eigenvalue weighted by Crippen LogP contribution is -2.28. The standard InChI is InChI=1S/C19H22FN3O2.2ClH/c20-16-11-14(23-19(24)10-13-4-3-6-17(13)21)7-8-18(16)25-12-15-5-1-2-9-22-15;;/h1-2,5,7-9,11,13,17H,3-4,6,10,12,21H2,(H,23,24);2*1H/t13-,17+;;/m0../s1. The number of anilines is 1. The number of nitrogens with one attached hydrogen (secondary N) is 1. The van der Waals surface area contributed by atoms with Crippen LogP contribution in [0.5, 0.6) is 5.75 Å². The second-order valence-corrected chi connectivity index (χ2v) is 6.36. The van der Waals surface area contributed by atoms with Crippen LogP contribution in [0.4, 0.5) is 10.1 Å². The van der Waals surface area contributed by atoms with Gasteiger partial charge in [0, 0.05) is 30.4 Å². The lowest BCUT2D eigenvalue weighted by molar-refractivity contribution is -0.117. The smallest absolute Gasteiger partial charge is 0.224 e.